The molecule has 1 aliphatic rings. The molecule has 2 rings (SSSR count). The van der Waals surface area contributed by atoms with Crippen LogP contribution in [0.15, 0.2) is 24.3 Å². The summed E-state index contributed by atoms with van der Waals surface area (Å²) in [6, 6.07) is 6.61. The summed E-state index contributed by atoms with van der Waals surface area (Å²) >= 11 is 0.982. The standard InChI is InChI=1S/C29H42BN4O8S3/c1-29(2,3)45-44-27(18-40-22-7-4-6-21(14-22)28(37)34-11-9-31)39-13-12-38-17-26(36)33-10-5-8-30-25-15-23(24(16-35)42-25)41-20-43-19-32/h4,6-7,14,23-25,27,35H,9-13,15-18,20,31H2,1-3H3,(H,33,36)(H,34,37)/t23-,24?,25-,27?/m1/s1. The van der Waals surface area contributed by atoms with Crippen molar-refractivity contribution in [1.29, 1.82) is 5.26 Å². The lowest BCUT2D eigenvalue weighted by Gasteiger charge is -2.22. The molecule has 1 heterocycles. The summed E-state index contributed by atoms with van der Waals surface area (Å²) in [4.78, 5) is 24.3. The lowest BCUT2D eigenvalue weighted by Crippen LogP contribution is -2.29. The van der Waals surface area contributed by atoms with Gasteiger partial charge in [0.1, 0.15) is 41.8 Å². The molecule has 2 amide bonds. The second-order valence-electron chi connectivity index (χ2n) is 10.5. The van der Waals surface area contributed by atoms with E-state index in [1.54, 1.807) is 53.1 Å². The van der Waals surface area contributed by atoms with Crippen LogP contribution in [0, 0.1) is 22.4 Å². The predicted octanol–water partition coefficient (Wildman–Crippen LogP) is 1.74. The van der Waals surface area contributed by atoms with E-state index in [0.717, 1.165) is 11.8 Å². The van der Waals surface area contributed by atoms with E-state index in [0.29, 0.717) is 30.8 Å². The molecule has 16 heteroatoms. The third kappa shape index (κ3) is 17.4. The van der Waals surface area contributed by atoms with Crippen molar-refractivity contribution in [3.05, 3.63) is 29.8 Å². The number of rotatable bonds is 20. The number of benzene rings is 1. The highest BCUT2D eigenvalue weighted by Crippen LogP contribution is 2.38. The molecule has 247 valence electrons. The molecule has 4 atom stereocenters. The Bertz CT molecular complexity index is 1150. The number of thiocyanates is 1. The van der Waals surface area contributed by atoms with Gasteiger partial charge in [-0.2, -0.15) is 11.1 Å². The van der Waals surface area contributed by atoms with Gasteiger partial charge in [-0.1, -0.05) is 54.3 Å². The van der Waals surface area contributed by atoms with Crippen LogP contribution in [0.4, 0.5) is 0 Å². The van der Waals surface area contributed by atoms with Gasteiger partial charge in [-0.3, -0.25) is 9.59 Å². The molecule has 1 fully saturated rings. The summed E-state index contributed by atoms with van der Waals surface area (Å²) in [6.07, 6.45) is -0.252. The molecule has 1 aliphatic heterocycles. The van der Waals surface area contributed by atoms with Crippen molar-refractivity contribution < 1.29 is 38.4 Å². The Morgan fingerprint density at radius 2 is 2.11 bits per heavy atom. The number of hydrogen-bond donors (Lipinski definition) is 4. The maximum Gasteiger partial charge on any atom is 0.251 e. The third-order valence-electron chi connectivity index (χ3n) is 5.64. The first kappa shape index (κ1) is 39.1. The minimum absolute atomic E-state index is 0.00308. The second kappa shape index (κ2) is 22.4. The monoisotopic (exact) mass is 681 g/mol. The second-order valence-corrected chi connectivity index (χ2v) is 14.4. The number of carbonyl (C=O) groups is 2. The van der Waals surface area contributed by atoms with E-state index in [9.17, 15) is 14.7 Å². The number of aliphatic hydroxyl groups excluding tert-OH is 1. The van der Waals surface area contributed by atoms with E-state index < -0.39 is 6.10 Å². The number of nitrogens with two attached hydrogens (primary N) is 1. The molecule has 0 spiro atoms. The molecule has 45 heavy (non-hydrogen) atoms. The molecule has 1 radical (unpaired) electrons. The molecule has 0 aliphatic carbocycles. The molecule has 0 saturated carbocycles. The summed E-state index contributed by atoms with van der Waals surface area (Å²) in [5.74, 6) is 5.93. The van der Waals surface area contributed by atoms with Gasteiger partial charge in [-0.25, -0.2) is 0 Å². The maximum absolute atomic E-state index is 12.2. The van der Waals surface area contributed by atoms with Crippen LogP contribution in [0.1, 0.15) is 37.6 Å². The number of thioether (sulfide) groups is 1. The molecule has 1 aromatic carbocycles. The average molecular weight is 682 g/mol. The fourth-order valence-corrected chi connectivity index (χ4v) is 6.11. The van der Waals surface area contributed by atoms with Gasteiger partial charge in [0.05, 0.1) is 32.5 Å². The number of nitriles is 1. The lowest BCUT2D eigenvalue weighted by molar-refractivity contribution is -0.126. The van der Waals surface area contributed by atoms with Gasteiger partial charge in [0.2, 0.25) is 5.91 Å². The van der Waals surface area contributed by atoms with E-state index in [1.165, 1.54) is 0 Å². The fourth-order valence-electron chi connectivity index (χ4n) is 3.62. The van der Waals surface area contributed by atoms with E-state index in [4.69, 9.17) is 34.7 Å². The Balaban J connectivity index is 1.67. The quantitative estimate of drug-likeness (QED) is 0.0392. The SMILES string of the molecule is CC(C)(C)SSC(COc1cccc(C(=O)NCCN)c1)OCCOCC(=O)NCC#C[B][C@H]1C[C@@H](OCSC#N)C(CO)O1. The molecule has 1 saturated heterocycles. The molecule has 1 aromatic rings. The Hall–Kier alpha value is -2.12. The number of nitrogens with one attached hydrogen (secondary N) is 2. The van der Waals surface area contributed by atoms with Crippen LogP contribution in [0.5, 0.6) is 5.75 Å². The Morgan fingerprint density at radius 1 is 1.29 bits per heavy atom. The highest BCUT2D eigenvalue weighted by atomic mass is 33.1. The molecule has 0 bridgehead atoms. The van der Waals surface area contributed by atoms with Gasteiger partial charge in [-0.15, -0.1) is 0 Å². The van der Waals surface area contributed by atoms with E-state index in [2.05, 4.69) is 43.1 Å². The van der Waals surface area contributed by atoms with Crippen LogP contribution < -0.4 is 21.1 Å². The number of carbonyl (C=O) groups excluding carboxylic acids is 2. The van der Waals surface area contributed by atoms with Crippen molar-refractivity contribution in [3.63, 3.8) is 0 Å². The number of ether oxygens (including phenoxy) is 5. The smallest absolute Gasteiger partial charge is 0.251 e. The topological polar surface area (TPSA) is 174 Å². The van der Waals surface area contributed by atoms with Gasteiger partial charge in [-0.05, 0) is 36.4 Å². The van der Waals surface area contributed by atoms with Crippen LogP contribution in [0.25, 0.3) is 0 Å². The van der Waals surface area contributed by atoms with Crippen molar-refractivity contribution in [2.24, 2.45) is 5.73 Å². The van der Waals surface area contributed by atoms with Gasteiger partial charge >= 0.3 is 0 Å². The summed E-state index contributed by atoms with van der Waals surface area (Å²) in [5.41, 5.74) is 5.62. The molecule has 12 nitrogen and oxygen atoms in total. The van der Waals surface area contributed by atoms with Crippen LogP contribution in [-0.2, 0) is 23.7 Å². The molecule has 2 unspecified atom stereocenters. The highest BCUT2D eigenvalue weighted by Gasteiger charge is 2.35. The third-order valence-corrected chi connectivity index (χ3v) is 9.54. The summed E-state index contributed by atoms with van der Waals surface area (Å²) in [5, 5.41) is 25.4. The minimum Gasteiger partial charge on any atom is -0.490 e. The first-order valence-electron chi connectivity index (χ1n) is 14.4. The van der Waals surface area contributed by atoms with Crippen LogP contribution in [-0.4, -0.2) is 111 Å². The maximum atomic E-state index is 12.2. The van der Waals surface area contributed by atoms with Crippen molar-refractivity contribution in [3.8, 4) is 22.9 Å². The highest BCUT2D eigenvalue weighted by molar-refractivity contribution is 8.77. The van der Waals surface area contributed by atoms with E-state index in [-0.39, 0.29) is 79.6 Å². The number of amides is 2. The normalized spacial score (nSPS) is 18.3. The Kier molecular flexibility index (Phi) is 19.5. The van der Waals surface area contributed by atoms with Gasteiger partial charge in [0.25, 0.3) is 13.2 Å². The van der Waals surface area contributed by atoms with Crippen molar-refractivity contribution in [1.82, 2.24) is 10.6 Å². The van der Waals surface area contributed by atoms with Crippen LogP contribution in [0.3, 0.4) is 0 Å². The summed E-state index contributed by atoms with van der Waals surface area (Å²) < 4.78 is 28.6. The van der Waals surface area contributed by atoms with Crippen LogP contribution >= 0.6 is 33.3 Å². The molecular formula is C29H42BN4O8S3. The van der Waals surface area contributed by atoms with Gasteiger partial charge in [0, 0.05) is 29.4 Å². The summed E-state index contributed by atoms with van der Waals surface area (Å²) in [7, 11) is 4.88. The zero-order valence-corrected chi connectivity index (χ0v) is 28.3. The van der Waals surface area contributed by atoms with Crippen LogP contribution in [0.2, 0.25) is 0 Å². The zero-order valence-electron chi connectivity index (χ0n) is 25.8. The summed E-state index contributed by atoms with van der Waals surface area (Å²) in [6.45, 7) is 7.60. The lowest BCUT2D eigenvalue weighted by atomic mass is 9.71. The average Bonchev–Trinajstić information content (AvgIpc) is 3.42. The first-order chi connectivity index (χ1) is 21.6. The molecule has 5 N–H and O–H groups in total. The number of nitrogens with zero attached hydrogens (tertiary/aromatic N) is 1. The Labute approximate surface area is 278 Å². The van der Waals surface area contributed by atoms with Gasteiger partial charge in [0.15, 0.2) is 0 Å². The fraction of sp³-hybridized carbons (Fsp3) is 0.621. The molecular weight excluding hydrogens is 639 g/mol. The predicted molar refractivity (Wildman–Crippen MR) is 179 cm³/mol. The van der Waals surface area contributed by atoms with Crippen molar-refractivity contribution >= 4 is 52.4 Å². The van der Waals surface area contributed by atoms with E-state index in [1.807, 2.05) is 5.40 Å². The Morgan fingerprint density at radius 3 is 2.84 bits per heavy atom. The number of hydrogen-bond acceptors (Lipinski definition) is 13. The first-order valence-corrected chi connectivity index (χ1v) is 17.6. The van der Waals surface area contributed by atoms with Crippen molar-refractivity contribution in [2.45, 2.75) is 55.6 Å². The number of aliphatic hydroxyl groups is 1. The minimum atomic E-state index is -0.467. The van der Waals surface area contributed by atoms with Gasteiger partial charge < -0.3 is 45.2 Å². The van der Waals surface area contributed by atoms with E-state index >= 15 is 0 Å². The van der Waals surface area contributed by atoms with Crippen molar-refractivity contribution in [2.75, 3.05) is 58.6 Å². The zero-order chi connectivity index (χ0) is 32.9. The molecule has 0 aromatic heterocycles. The largest absolute Gasteiger partial charge is 0.490 e.